The van der Waals surface area contributed by atoms with Gasteiger partial charge in [0.15, 0.2) is 0 Å². The number of benzene rings is 1. The Morgan fingerprint density at radius 3 is 2.84 bits per heavy atom. The summed E-state index contributed by atoms with van der Waals surface area (Å²) in [5.41, 5.74) is 9.09. The number of nitrogens with two attached hydrogens (primary N) is 1. The second-order valence-corrected chi connectivity index (χ2v) is 5.76. The van der Waals surface area contributed by atoms with E-state index in [2.05, 4.69) is 16.7 Å². The summed E-state index contributed by atoms with van der Waals surface area (Å²) in [6.45, 7) is 1.01. The van der Waals surface area contributed by atoms with Crippen LogP contribution in [-0.4, -0.2) is 18.5 Å². The number of carbonyl (C=O) groups excluding carboxylic acids is 1. The second-order valence-electron chi connectivity index (χ2n) is 5.76. The molecule has 1 aromatic carbocycles. The molecule has 4 heteroatoms. The van der Waals surface area contributed by atoms with Crippen LogP contribution in [0.1, 0.15) is 31.2 Å². The average molecular weight is 259 g/mol. The molecule has 0 bridgehead atoms. The van der Waals surface area contributed by atoms with Crippen LogP contribution in [0.3, 0.4) is 0 Å². The van der Waals surface area contributed by atoms with Crippen molar-refractivity contribution >= 4 is 17.3 Å². The molecule has 1 aromatic rings. The lowest BCUT2D eigenvalue weighted by molar-refractivity contribution is -0.115. The molecule has 19 heavy (non-hydrogen) atoms. The summed E-state index contributed by atoms with van der Waals surface area (Å²) in [6, 6.07) is 6.52. The fourth-order valence-electron chi connectivity index (χ4n) is 2.99. The predicted octanol–water partition coefficient (Wildman–Crippen LogP) is 2.11. The molecule has 0 radical (unpaired) electrons. The highest BCUT2D eigenvalue weighted by molar-refractivity contribution is 5.99. The number of fused-ring (bicyclic) bond motifs is 1. The molecule has 0 spiro atoms. The van der Waals surface area contributed by atoms with Crippen LogP contribution >= 0.6 is 0 Å². The lowest BCUT2D eigenvalue weighted by atomic mass is 9.86. The smallest absolute Gasteiger partial charge is 0.228 e. The zero-order valence-corrected chi connectivity index (χ0v) is 11.1. The Bertz CT molecular complexity index is 478. The highest BCUT2D eigenvalue weighted by Crippen LogP contribution is 2.27. The van der Waals surface area contributed by atoms with Gasteiger partial charge in [-0.3, -0.25) is 4.79 Å². The van der Waals surface area contributed by atoms with Crippen molar-refractivity contribution in [1.29, 1.82) is 0 Å². The Hall–Kier alpha value is -1.55. The molecule has 2 aliphatic rings. The van der Waals surface area contributed by atoms with Gasteiger partial charge in [-0.25, -0.2) is 0 Å². The average Bonchev–Trinajstić information content (AvgIpc) is 2.77. The van der Waals surface area contributed by atoms with Crippen molar-refractivity contribution in [3.63, 3.8) is 0 Å². The Balaban J connectivity index is 1.56. The molecule has 1 amide bonds. The third kappa shape index (κ3) is 2.89. The van der Waals surface area contributed by atoms with Crippen molar-refractivity contribution in [3.05, 3.63) is 23.8 Å². The molecule has 0 saturated heterocycles. The number of hydrogen-bond donors (Lipinski definition) is 3. The normalized spacial score (nSPS) is 25.8. The maximum absolute atomic E-state index is 11.3. The molecular weight excluding hydrogens is 238 g/mol. The molecule has 1 fully saturated rings. The first-order chi connectivity index (χ1) is 9.20. The molecule has 4 nitrogen and oxygen atoms in total. The van der Waals surface area contributed by atoms with Gasteiger partial charge in [0.1, 0.15) is 0 Å². The monoisotopic (exact) mass is 259 g/mol. The van der Waals surface area contributed by atoms with Crippen molar-refractivity contribution < 1.29 is 4.79 Å². The molecule has 1 aliphatic heterocycles. The minimum Gasteiger partial charge on any atom is -0.385 e. The summed E-state index contributed by atoms with van der Waals surface area (Å²) in [4.78, 5) is 11.3. The highest BCUT2D eigenvalue weighted by Gasteiger charge is 2.19. The molecule has 1 heterocycles. The lowest BCUT2D eigenvalue weighted by Crippen LogP contribution is -2.29. The summed E-state index contributed by atoms with van der Waals surface area (Å²) in [6.07, 6.45) is 5.24. The maximum Gasteiger partial charge on any atom is 0.228 e. The van der Waals surface area contributed by atoms with Gasteiger partial charge in [0.05, 0.1) is 6.42 Å². The molecule has 0 atom stereocenters. The zero-order valence-electron chi connectivity index (χ0n) is 11.1. The van der Waals surface area contributed by atoms with Crippen molar-refractivity contribution in [3.8, 4) is 0 Å². The Labute approximate surface area is 113 Å². The van der Waals surface area contributed by atoms with E-state index in [1.165, 1.54) is 12.8 Å². The summed E-state index contributed by atoms with van der Waals surface area (Å²) in [5.74, 6) is 0.821. The van der Waals surface area contributed by atoms with Gasteiger partial charge in [-0.2, -0.15) is 0 Å². The van der Waals surface area contributed by atoms with E-state index in [0.29, 0.717) is 12.5 Å². The molecular formula is C15H21N3O. The van der Waals surface area contributed by atoms with Crippen LogP contribution < -0.4 is 16.4 Å². The number of rotatable bonds is 3. The number of nitrogens with one attached hydrogen (secondary N) is 2. The van der Waals surface area contributed by atoms with Gasteiger partial charge in [0, 0.05) is 24.0 Å². The van der Waals surface area contributed by atoms with E-state index in [4.69, 9.17) is 5.73 Å². The molecule has 4 N–H and O–H groups in total. The summed E-state index contributed by atoms with van der Waals surface area (Å²) in [5, 5.41) is 6.35. The van der Waals surface area contributed by atoms with E-state index in [1.807, 2.05) is 12.1 Å². The number of carbonyl (C=O) groups is 1. The van der Waals surface area contributed by atoms with Crippen LogP contribution in [0.25, 0.3) is 0 Å². The van der Waals surface area contributed by atoms with E-state index >= 15 is 0 Å². The van der Waals surface area contributed by atoms with Crippen LogP contribution in [0, 0.1) is 5.92 Å². The molecule has 0 unspecified atom stereocenters. The van der Waals surface area contributed by atoms with E-state index < -0.39 is 0 Å². The maximum atomic E-state index is 11.3. The quantitative estimate of drug-likeness (QED) is 0.779. The molecule has 102 valence electrons. The minimum absolute atomic E-state index is 0.0911. The zero-order chi connectivity index (χ0) is 13.2. The first kappa shape index (κ1) is 12.5. The fourth-order valence-corrected chi connectivity index (χ4v) is 2.99. The predicted molar refractivity (Wildman–Crippen MR) is 77.2 cm³/mol. The number of hydrogen-bond acceptors (Lipinski definition) is 3. The van der Waals surface area contributed by atoms with Gasteiger partial charge in [-0.15, -0.1) is 0 Å². The van der Waals surface area contributed by atoms with Gasteiger partial charge in [0.25, 0.3) is 0 Å². The molecule has 1 aliphatic carbocycles. The molecule has 3 rings (SSSR count). The van der Waals surface area contributed by atoms with Gasteiger partial charge in [-0.1, -0.05) is 0 Å². The third-order valence-electron chi connectivity index (χ3n) is 4.22. The third-order valence-corrected chi connectivity index (χ3v) is 4.22. The Kier molecular flexibility index (Phi) is 3.42. The summed E-state index contributed by atoms with van der Waals surface area (Å²) >= 11 is 0. The van der Waals surface area contributed by atoms with Crippen LogP contribution in [-0.2, 0) is 11.2 Å². The second kappa shape index (κ2) is 5.21. The van der Waals surface area contributed by atoms with Crippen LogP contribution in [0.15, 0.2) is 18.2 Å². The largest absolute Gasteiger partial charge is 0.385 e. The van der Waals surface area contributed by atoms with Crippen molar-refractivity contribution in [2.24, 2.45) is 11.7 Å². The van der Waals surface area contributed by atoms with Crippen LogP contribution in [0.2, 0.25) is 0 Å². The molecule has 1 saturated carbocycles. The lowest BCUT2D eigenvalue weighted by Gasteiger charge is -2.26. The molecule has 0 aromatic heterocycles. The SMILES string of the molecule is NC1CCC(CNc2ccc3c(c2)CC(=O)N3)CC1. The van der Waals surface area contributed by atoms with Crippen molar-refractivity contribution in [2.75, 3.05) is 17.2 Å². The summed E-state index contributed by atoms with van der Waals surface area (Å²) in [7, 11) is 0. The van der Waals surface area contributed by atoms with Gasteiger partial charge < -0.3 is 16.4 Å². The fraction of sp³-hybridized carbons (Fsp3) is 0.533. The standard InChI is InChI=1S/C15H21N3O/c16-12-3-1-10(2-4-12)9-17-13-5-6-14-11(7-13)8-15(19)18-14/h5-7,10,12,17H,1-4,8-9,16H2,(H,18,19). The van der Waals surface area contributed by atoms with E-state index in [9.17, 15) is 4.79 Å². The van der Waals surface area contributed by atoms with Gasteiger partial charge >= 0.3 is 0 Å². The van der Waals surface area contributed by atoms with Gasteiger partial charge in [-0.05, 0) is 55.4 Å². The Morgan fingerprint density at radius 2 is 2.05 bits per heavy atom. The number of amides is 1. The van der Waals surface area contributed by atoms with E-state index in [0.717, 1.165) is 42.2 Å². The number of anilines is 2. The van der Waals surface area contributed by atoms with E-state index in [-0.39, 0.29) is 5.91 Å². The first-order valence-corrected chi connectivity index (χ1v) is 7.13. The van der Waals surface area contributed by atoms with Gasteiger partial charge in [0.2, 0.25) is 5.91 Å². The Morgan fingerprint density at radius 1 is 1.26 bits per heavy atom. The van der Waals surface area contributed by atoms with Crippen molar-refractivity contribution in [1.82, 2.24) is 0 Å². The summed E-state index contributed by atoms with van der Waals surface area (Å²) < 4.78 is 0. The van der Waals surface area contributed by atoms with Crippen molar-refractivity contribution in [2.45, 2.75) is 38.1 Å². The first-order valence-electron chi connectivity index (χ1n) is 7.13. The highest BCUT2D eigenvalue weighted by atomic mass is 16.1. The van der Waals surface area contributed by atoms with E-state index in [1.54, 1.807) is 0 Å². The van der Waals surface area contributed by atoms with Crippen LogP contribution in [0.5, 0.6) is 0 Å². The minimum atomic E-state index is 0.0911. The van der Waals surface area contributed by atoms with Crippen LogP contribution in [0.4, 0.5) is 11.4 Å². The topological polar surface area (TPSA) is 67.1 Å².